The maximum absolute atomic E-state index is 8.12. The molecule has 0 amide bonds. The van der Waals surface area contributed by atoms with Crippen LogP contribution in [0, 0.1) is 13.8 Å². The zero-order valence-corrected chi connectivity index (χ0v) is 21.6. The van der Waals surface area contributed by atoms with E-state index in [4.69, 9.17) is 14.1 Å². The first-order valence-corrected chi connectivity index (χ1v) is 13.3. The van der Waals surface area contributed by atoms with Gasteiger partial charge < -0.3 is 0 Å². The highest BCUT2D eigenvalue weighted by atomic mass is 15.2. The summed E-state index contributed by atoms with van der Waals surface area (Å²) in [5, 5.41) is 0. The van der Waals surface area contributed by atoms with Crippen LogP contribution in [0.15, 0.2) is 109 Å². The predicted octanol–water partition coefficient (Wildman–Crippen LogP) is 7.79. The van der Waals surface area contributed by atoms with Gasteiger partial charge >= 0.3 is 0 Å². The van der Waals surface area contributed by atoms with Gasteiger partial charge in [-0.2, -0.15) is 0 Å². The van der Waals surface area contributed by atoms with Crippen LogP contribution >= 0.6 is 0 Å². The zero-order chi connectivity index (χ0) is 29.0. The summed E-state index contributed by atoms with van der Waals surface area (Å²) in [6, 6.07) is 36.5. The maximum atomic E-state index is 8.12. The van der Waals surface area contributed by atoms with Crippen molar-refractivity contribution < 1.29 is 4.11 Å². The highest BCUT2D eigenvalue weighted by Crippen LogP contribution is 2.33. The van der Waals surface area contributed by atoms with Gasteiger partial charge in [0.1, 0.15) is 0 Å². The standard InChI is InChI=1S/C34H24N6/c1-21-10-7-18-29-31(21)35-33-37(25-14-3-5-16-27(25)39(29)33)23-12-9-13-24(20-23)38-26-15-4-6-17-28(26)40-30-19-8-11-22(2)32(30)36-34(38)40/h3-20H,1-2H3/i1D3. The van der Waals surface area contributed by atoms with Crippen LogP contribution in [0.1, 0.15) is 15.2 Å². The molecular weight excluding hydrogens is 492 g/mol. The molecule has 0 unspecified atom stereocenters. The number of nitrogens with zero attached hydrogens (tertiary/aromatic N) is 6. The van der Waals surface area contributed by atoms with Crippen LogP contribution in [0.3, 0.4) is 0 Å². The van der Waals surface area contributed by atoms with Crippen LogP contribution in [0.25, 0.3) is 67.1 Å². The SMILES string of the molecule is [2H]C([2H])([2H])c1cccc2c1nc1n(-c3cccc(-n4c5ccccc5n5c6cccc(C)c6nc45)c3)c3ccccc3n21. The van der Waals surface area contributed by atoms with Crippen LogP contribution in [0.2, 0.25) is 0 Å². The van der Waals surface area contributed by atoms with Gasteiger partial charge in [-0.25, -0.2) is 9.97 Å². The predicted molar refractivity (Wildman–Crippen MR) is 162 cm³/mol. The summed E-state index contributed by atoms with van der Waals surface area (Å²) < 4.78 is 33.0. The molecule has 0 radical (unpaired) electrons. The lowest BCUT2D eigenvalue weighted by atomic mass is 10.2. The van der Waals surface area contributed by atoms with Gasteiger partial charge in [0.25, 0.3) is 0 Å². The third-order valence-corrected chi connectivity index (χ3v) is 8.01. The van der Waals surface area contributed by atoms with Crippen molar-refractivity contribution in [1.82, 2.24) is 27.9 Å². The van der Waals surface area contributed by atoms with Gasteiger partial charge in [0.2, 0.25) is 11.6 Å². The molecule has 0 saturated heterocycles. The number of imidazole rings is 4. The van der Waals surface area contributed by atoms with E-state index in [2.05, 4.69) is 91.6 Å². The number of aryl methyl sites for hydroxylation is 2. The minimum Gasteiger partial charge on any atom is -0.278 e. The number of benzene rings is 5. The Labute approximate surface area is 233 Å². The van der Waals surface area contributed by atoms with Gasteiger partial charge in [0.05, 0.1) is 55.5 Å². The van der Waals surface area contributed by atoms with E-state index >= 15 is 0 Å². The lowest BCUT2D eigenvalue weighted by molar-refractivity contribution is 1.08. The van der Waals surface area contributed by atoms with Crippen molar-refractivity contribution in [2.24, 2.45) is 0 Å². The van der Waals surface area contributed by atoms with Gasteiger partial charge in [-0.3, -0.25) is 17.9 Å². The average molecular weight is 520 g/mol. The quantitative estimate of drug-likeness (QED) is 0.234. The largest absolute Gasteiger partial charge is 0.278 e. The number of para-hydroxylation sites is 6. The highest BCUT2D eigenvalue weighted by molar-refractivity contribution is 5.95. The molecule has 6 nitrogen and oxygen atoms in total. The van der Waals surface area contributed by atoms with Gasteiger partial charge in [-0.05, 0) is 79.5 Å². The molecule has 0 atom stereocenters. The lowest BCUT2D eigenvalue weighted by Crippen LogP contribution is -1.99. The molecule has 4 aromatic heterocycles. The molecule has 9 rings (SSSR count). The molecule has 0 saturated carbocycles. The van der Waals surface area contributed by atoms with E-state index in [1.54, 1.807) is 12.1 Å². The molecule has 0 aliphatic rings. The third-order valence-electron chi connectivity index (χ3n) is 8.01. The van der Waals surface area contributed by atoms with Crippen LogP contribution in [-0.4, -0.2) is 27.9 Å². The molecule has 0 fully saturated rings. The molecule has 0 aliphatic heterocycles. The molecular formula is C34H24N6. The Balaban J connectivity index is 1.36. The van der Waals surface area contributed by atoms with Crippen molar-refractivity contribution in [3.05, 3.63) is 120 Å². The minimum atomic E-state index is -2.27. The second-order valence-corrected chi connectivity index (χ2v) is 10.3. The van der Waals surface area contributed by atoms with E-state index in [1.165, 1.54) is 0 Å². The fraction of sp³-hybridized carbons (Fsp3) is 0.0588. The van der Waals surface area contributed by atoms with E-state index in [9.17, 15) is 0 Å². The number of rotatable bonds is 2. The molecule has 40 heavy (non-hydrogen) atoms. The topological polar surface area (TPSA) is 44.5 Å². The Kier molecular flexibility index (Phi) is 3.58. The first-order chi connectivity index (χ1) is 20.9. The zero-order valence-electron chi connectivity index (χ0n) is 24.6. The normalized spacial score (nSPS) is 13.7. The van der Waals surface area contributed by atoms with Crippen molar-refractivity contribution in [3.8, 4) is 11.4 Å². The molecule has 0 spiro atoms. The smallest absolute Gasteiger partial charge is 0.220 e. The number of fused-ring (bicyclic) bond motifs is 10. The van der Waals surface area contributed by atoms with Crippen molar-refractivity contribution in [1.29, 1.82) is 0 Å². The summed E-state index contributed by atoms with van der Waals surface area (Å²) in [4.78, 5) is 10.1. The Hall–Kier alpha value is -5.36. The van der Waals surface area contributed by atoms with Gasteiger partial charge in [-0.1, -0.05) is 54.6 Å². The molecule has 0 aliphatic carbocycles. The Bertz CT molecular complexity index is 2580. The first kappa shape index (κ1) is 18.8. The molecule has 0 bridgehead atoms. The van der Waals surface area contributed by atoms with Crippen LogP contribution in [-0.2, 0) is 0 Å². The number of hydrogen-bond donors (Lipinski definition) is 0. The molecule has 5 aromatic carbocycles. The van der Waals surface area contributed by atoms with Crippen LogP contribution in [0.5, 0.6) is 0 Å². The molecule has 9 aromatic rings. The third kappa shape index (κ3) is 2.67. The monoisotopic (exact) mass is 519 g/mol. The van der Waals surface area contributed by atoms with Gasteiger partial charge in [0.15, 0.2) is 0 Å². The number of aromatic nitrogens is 6. The Morgan fingerprint density at radius 3 is 1.50 bits per heavy atom. The van der Waals surface area contributed by atoms with E-state index in [0.717, 1.165) is 61.3 Å². The first-order valence-electron chi connectivity index (χ1n) is 14.8. The van der Waals surface area contributed by atoms with Gasteiger partial charge in [-0.15, -0.1) is 0 Å². The van der Waals surface area contributed by atoms with Crippen molar-refractivity contribution in [2.45, 2.75) is 13.8 Å². The molecule has 190 valence electrons. The fourth-order valence-electron chi connectivity index (χ4n) is 6.27. The van der Waals surface area contributed by atoms with E-state index in [-0.39, 0.29) is 5.56 Å². The summed E-state index contributed by atoms with van der Waals surface area (Å²) in [7, 11) is 0. The van der Waals surface area contributed by atoms with Gasteiger partial charge in [0, 0.05) is 4.11 Å². The Morgan fingerprint density at radius 1 is 0.500 bits per heavy atom. The van der Waals surface area contributed by atoms with Crippen molar-refractivity contribution in [2.75, 3.05) is 0 Å². The van der Waals surface area contributed by atoms with E-state index in [0.29, 0.717) is 11.3 Å². The second-order valence-electron chi connectivity index (χ2n) is 10.3. The Morgan fingerprint density at radius 2 is 0.950 bits per heavy atom. The van der Waals surface area contributed by atoms with Crippen LogP contribution < -0.4 is 0 Å². The summed E-state index contributed by atoms with van der Waals surface area (Å²) in [5.41, 5.74) is 10.7. The van der Waals surface area contributed by atoms with E-state index < -0.39 is 6.85 Å². The lowest BCUT2D eigenvalue weighted by Gasteiger charge is -2.10. The highest BCUT2D eigenvalue weighted by Gasteiger charge is 2.20. The molecule has 4 heterocycles. The van der Waals surface area contributed by atoms with Crippen LogP contribution in [0.4, 0.5) is 0 Å². The molecule has 6 heteroatoms. The minimum absolute atomic E-state index is 0.251. The summed E-state index contributed by atoms with van der Waals surface area (Å²) >= 11 is 0. The molecule has 0 N–H and O–H groups in total. The van der Waals surface area contributed by atoms with Crippen molar-refractivity contribution >= 4 is 55.7 Å². The fourth-order valence-corrected chi connectivity index (χ4v) is 6.27. The van der Waals surface area contributed by atoms with Crippen molar-refractivity contribution in [3.63, 3.8) is 0 Å². The van der Waals surface area contributed by atoms with E-state index in [1.807, 2.05) is 30.3 Å². The number of hydrogen-bond acceptors (Lipinski definition) is 2. The maximum Gasteiger partial charge on any atom is 0.220 e. The summed E-state index contributed by atoms with van der Waals surface area (Å²) in [5.74, 6) is 1.51. The second kappa shape index (κ2) is 7.61. The average Bonchev–Trinajstić information content (AvgIpc) is 3.73. The summed E-state index contributed by atoms with van der Waals surface area (Å²) in [6.07, 6.45) is 0. The summed E-state index contributed by atoms with van der Waals surface area (Å²) in [6.45, 7) is -0.178.